The smallest absolute Gasteiger partial charge is 0.303 e. The first kappa shape index (κ1) is 55.7. The van der Waals surface area contributed by atoms with Gasteiger partial charge >= 0.3 is 35.8 Å². The summed E-state index contributed by atoms with van der Waals surface area (Å²) in [7, 11) is 0. The molecule has 0 unspecified atom stereocenters. The summed E-state index contributed by atoms with van der Waals surface area (Å²) < 4.78 is 86.5. The molecule has 0 bridgehead atoms. The molecule has 0 aromatic carbocycles. The fourth-order valence-corrected chi connectivity index (χ4v) is 8.17. The van der Waals surface area contributed by atoms with E-state index in [1.807, 2.05) is 0 Å². The number of carbonyl (C=O) groups excluding carboxylic acids is 6. The summed E-state index contributed by atoms with van der Waals surface area (Å²) in [6, 6.07) is -5.03. The molecule has 1 saturated carbocycles. The van der Waals surface area contributed by atoms with Crippen molar-refractivity contribution in [3.05, 3.63) is 52.2 Å². The number of hydrogen-bond donors (Lipinski definition) is 0. The van der Waals surface area contributed by atoms with E-state index in [2.05, 4.69) is 50.1 Å². The summed E-state index contributed by atoms with van der Waals surface area (Å²) in [6.45, 7) is 5.71. The van der Waals surface area contributed by atoms with Crippen molar-refractivity contribution < 1.29 is 90.0 Å². The van der Waals surface area contributed by atoms with E-state index in [1.165, 1.54) is 6.92 Å². The predicted molar refractivity (Wildman–Crippen MR) is 221 cm³/mol. The molecular weight excluding hydrogens is 949 g/mol. The summed E-state index contributed by atoms with van der Waals surface area (Å²) in [5, 5.41) is 17.8. The average molecular weight is 998 g/mol. The fraction of sp³-hybridized carbons (Fsp3) is 0.833. The van der Waals surface area contributed by atoms with Gasteiger partial charge in [-0.15, -0.1) is 0 Å². The summed E-state index contributed by atoms with van der Waals surface area (Å²) in [4.78, 5) is 88.2. The Morgan fingerprint density at radius 3 is 1.47 bits per heavy atom. The molecule has 3 heterocycles. The van der Waals surface area contributed by atoms with Gasteiger partial charge in [-0.2, -0.15) is 0 Å². The van der Waals surface area contributed by atoms with Crippen LogP contribution in [0.25, 0.3) is 52.2 Å². The lowest BCUT2D eigenvalue weighted by molar-refractivity contribution is -0.306. The molecule has 3 saturated heterocycles. The molecular formula is C36H48FN15O18. The zero-order chi connectivity index (χ0) is 51.8. The van der Waals surface area contributed by atoms with Crippen molar-refractivity contribution in [3.8, 4) is 0 Å². The molecule has 70 heavy (non-hydrogen) atoms. The van der Waals surface area contributed by atoms with E-state index >= 15 is 4.39 Å². The van der Waals surface area contributed by atoms with Crippen LogP contribution >= 0.6 is 0 Å². The van der Waals surface area contributed by atoms with Crippen LogP contribution in [0, 0.1) is 5.92 Å². The van der Waals surface area contributed by atoms with E-state index < -0.39 is 178 Å². The molecule has 0 aromatic rings. The Morgan fingerprint density at radius 2 is 0.943 bits per heavy atom. The van der Waals surface area contributed by atoms with Crippen molar-refractivity contribution in [2.45, 2.75) is 165 Å². The lowest BCUT2D eigenvalue weighted by Crippen LogP contribution is -2.63. The monoisotopic (exact) mass is 997 g/mol. The summed E-state index contributed by atoms with van der Waals surface area (Å²) >= 11 is 0. The van der Waals surface area contributed by atoms with E-state index in [4.69, 9.17) is 67.9 Å². The van der Waals surface area contributed by atoms with Gasteiger partial charge in [0.25, 0.3) is 0 Å². The van der Waals surface area contributed by atoms with Crippen LogP contribution in [0.4, 0.5) is 4.39 Å². The Hall–Kier alpha value is -6.94. The molecule has 0 N–H and O–H groups in total. The number of ether oxygens (including phenoxy) is 12. The largest absolute Gasteiger partial charge is 0.463 e. The van der Waals surface area contributed by atoms with Crippen molar-refractivity contribution in [2.75, 3.05) is 19.7 Å². The van der Waals surface area contributed by atoms with Gasteiger partial charge in [0.15, 0.2) is 43.4 Å². The van der Waals surface area contributed by atoms with Crippen molar-refractivity contribution in [1.29, 1.82) is 0 Å². The van der Waals surface area contributed by atoms with Crippen LogP contribution in [0.5, 0.6) is 0 Å². The van der Waals surface area contributed by atoms with Gasteiger partial charge in [0, 0.05) is 72.0 Å². The first-order valence-corrected chi connectivity index (χ1v) is 21.0. The molecule has 0 amide bonds. The second-order valence-electron chi connectivity index (χ2n) is 15.7. The molecule has 382 valence electrons. The van der Waals surface area contributed by atoms with Gasteiger partial charge in [0.1, 0.15) is 55.4 Å². The number of rotatable bonds is 20. The molecule has 0 spiro atoms. The Labute approximate surface area is 394 Å². The molecule has 33 nitrogen and oxygen atoms in total. The molecule has 4 fully saturated rings. The Kier molecular flexibility index (Phi) is 20.8. The second-order valence-corrected chi connectivity index (χ2v) is 15.7. The highest BCUT2D eigenvalue weighted by Crippen LogP contribution is 2.41. The van der Waals surface area contributed by atoms with Gasteiger partial charge in [-0.25, -0.2) is 4.39 Å². The topological polar surface area (TPSA) is 457 Å². The molecule has 19 atom stereocenters. The van der Waals surface area contributed by atoms with E-state index in [-0.39, 0.29) is 0 Å². The minimum atomic E-state index is -2.43. The maximum atomic E-state index is 16.4. The summed E-state index contributed by atoms with van der Waals surface area (Å²) in [5.41, 5.74) is 47.1. The highest BCUT2D eigenvalue weighted by Gasteiger charge is 2.58. The van der Waals surface area contributed by atoms with Crippen LogP contribution in [0.1, 0.15) is 54.9 Å². The lowest BCUT2D eigenvalue weighted by atomic mass is 9.83. The Morgan fingerprint density at radius 1 is 0.500 bits per heavy atom. The standard InChI is InChI=1S/C36H48FN15O18/c1-12-26(60-14(3)54)30(63-17(6)57)22(10-44-49-39)65-34(12)69-31-23(11-59-13(2)53)67-36(33(31)64-18(7)58)70-32-27(61-15(4)55)19(45-50-40)8-20(46-51-41)28(32)68-35-25(47-52-42)24(37)29(62-16(5)56)21(66-35)9-43-48-38/h12,19-36H,8-11H2,1-7H3/t12-,19-,20+,21-,22+,23-,24+,25-,26-,27+,28-,29-,30-,31-,32-,33-,34-,35-,36+/m1/s1. The van der Waals surface area contributed by atoms with Crippen LogP contribution in [-0.2, 0) is 85.6 Å². The maximum Gasteiger partial charge on any atom is 0.303 e. The van der Waals surface area contributed by atoms with E-state index in [1.54, 1.807) is 0 Å². The van der Waals surface area contributed by atoms with Gasteiger partial charge in [-0.1, -0.05) is 32.5 Å². The van der Waals surface area contributed by atoms with Gasteiger partial charge < -0.3 is 56.8 Å². The quantitative estimate of drug-likeness (QED) is 0.0553. The first-order chi connectivity index (χ1) is 33.3. The average Bonchev–Trinajstić information content (AvgIpc) is 3.58. The molecule has 4 rings (SSSR count). The molecule has 4 aliphatic rings. The summed E-state index contributed by atoms with van der Waals surface area (Å²) in [5.74, 6) is -6.56. The fourth-order valence-electron chi connectivity index (χ4n) is 8.17. The van der Waals surface area contributed by atoms with Crippen LogP contribution in [0.15, 0.2) is 25.6 Å². The molecule has 34 heteroatoms. The maximum absolute atomic E-state index is 16.4. The zero-order valence-electron chi connectivity index (χ0n) is 38.2. The predicted octanol–water partition coefficient (Wildman–Crippen LogP) is 3.57. The van der Waals surface area contributed by atoms with Crippen LogP contribution in [0.2, 0.25) is 0 Å². The Bertz CT molecular complexity index is 2180. The number of halogens is 1. The third-order valence-electron chi connectivity index (χ3n) is 10.8. The number of esters is 6. The van der Waals surface area contributed by atoms with Crippen LogP contribution in [-0.4, -0.2) is 166 Å². The number of carbonyl (C=O) groups is 6. The van der Waals surface area contributed by atoms with Crippen molar-refractivity contribution in [1.82, 2.24) is 0 Å². The third-order valence-corrected chi connectivity index (χ3v) is 10.8. The first-order valence-electron chi connectivity index (χ1n) is 21.0. The van der Waals surface area contributed by atoms with Crippen LogP contribution in [0.3, 0.4) is 0 Å². The normalized spacial score (nSPS) is 35.5. The van der Waals surface area contributed by atoms with Gasteiger partial charge in [-0.3, -0.25) is 28.8 Å². The third kappa shape index (κ3) is 14.5. The molecule has 0 aromatic heterocycles. The van der Waals surface area contributed by atoms with Gasteiger partial charge in [0.05, 0.1) is 31.3 Å². The van der Waals surface area contributed by atoms with E-state index in [0.717, 1.165) is 41.5 Å². The van der Waals surface area contributed by atoms with Crippen molar-refractivity contribution >= 4 is 35.8 Å². The lowest BCUT2D eigenvalue weighted by Gasteiger charge is -2.47. The SMILES string of the molecule is CC(=O)OC[C@H]1O[C@@H](O[C@@H]2[C@@H](OC(C)=O)[C@H](N=[N+]=[N-])C[C@H](N=[N+]=[N-])[C@H]2O[C@H]2O[C@H](CN=[N+]=[N-])[C@@H](OC(C)=O)[C@@H](F)[C@H]2N=[N+]=[N-])[C@H](OC(C)=O)[C@@H]1O[C@H]1O[C@@H](CN=[N+]=[N-])[C@@H](OC(C)=O)[C@H](OC(C)=O)[C@H]1C. The van der Waals surface area contributed by atoms with Crippen molar-refractivity contribution in [3.63, 3.8) is 0 Å². The summed E-state index contributed by atoms with van der Waals surface area (Å²) in [6.07, 6.45) is -26.3. The minimum Gasteiger partial charge on any atom is -0.463 e. The molecule has 1 aliphatic carbocycles. The number of alkyl halides is 1. The molecule has 0 radical (unpaired) electrons. The molecule has 3 aliphatic heterocycles. The van der Waals surface area contributed by atoms with Gasteiger partial charge in [0.2, 0.25) is 0 Å². The second kappa shape index (κ2) is 26.2. The van der Waals surface area contributed by atoms with Crippen LogP contribution < -0.4 is 0 Å². The Balaban J connectivity index is 1.89. The minimum absolute atomic E-state index is 0.474. The number of azide groups is 5. The van der Waals surface area contributed by atoms with E-state index in [0.29, 0.717) is 0 Å². The van der Waals surface area contributed by atoms with Gasteiger partial charge in [-0.05, 0) is 34.1 Å². The highest BCUT2D eigenvalue weighted by atomic mass is 19.1. The van der Waals surface area contributed by atoms with Crippen molar-refractivity contribution in [2.24, 2.45) is 31.5 Å². The zero-order valence-corrected chi connectivity index (χ0v) is 38.2. The number of hydrogen-bond acceptors (Lipinski definition) is 23. The number of nitrogens with zero attached hydrogens (tertiary/aromatic N) is 15. The highest BCUT2D eigenvalue weighted by molar-refractivity contribution is 5.68. The van der Waals surface area contributed by atoms with E-state index in [9.17, 15) is 45.4 Å².